The Kier molecular flexibility index (Phi) is 7.16. The van der Waals surface area contributed by atoms with Crippen LogP contribution in [-0.2, 0) is 0 Å². The first-order valence-corrected chi connectivity index (χ1v) is 7.42. The summed E-state index contributed by atoms with van der Waals surface area (Å²) >= 11 is -2.35. The maximum Gasteiger partial charge on any atom is 0.0848 e. The van der Waals surface area contributed by atoms with Gasteiger partial charge in [0.1, 0.15) is 0 Å². The zero-order valence-corrected chi connectivity index (χ0v) is 12.1. The van der Waals surface area contributed by atoms with Crippen molar-refractivity contribution in [1.82, 2.24) is 0 Å². The van der Waals surface area contributed by atoms with Gasteiger partial charge in [-0.1, -0.05) is 0 Å². The van der Waals surface area contributed by atoms with Crippen LogP contribution in [0.3, 0.4) is 0 Å². The Morgan fingerprint density at radius 2 is 0.889 bits per heavy atom. The van der Waals surface area contributed by atoms with E-state index in [1.165, 1.54) is 0 Å². The highest BCUT2D eigenvalue weighted by Gasteiger charge is 2.27. The van der Waals surface area contributed by atoms with Gasteiger partial charge in [0, 0.05) is 0 Å². The Morgan fingerprint density at radius 1 is 0.611 bits per heavy atom. The quantitative estimate of drug-likeness (QED) is 0.375. The van der Waals surface area contributed by atoms with E-state index in [0.29, 0.717) is 0 Å². The molecule has 0 aromatic heterocycles. The second-order valence-corrected chi connectivity index (χ2v) is 5.36. The summed E-state index contributed by atoms with van der Waals surface area (Å²) in [7, 11) is 0. The molecule has 102 valence electrons. The number of nitrogens with one attached hydrogen (secondary N) is 1. The summed E-state index contributed by atoms with van der Waals surface area (Å²) < 4.78 is 63.8. The predicted octanol–water partition coefficient (Wildman–Crippen LogP) is 5.86. The maximum atomic E-state index is 12.8. The largest absolute Gasteiger partial charge is 0.322 e. The summed E-state index contributed by atoms with van der Waals surface area (Å²) in [5, 5.41) is 0. The van der Waals surface area contributed by atoms with Gasteiger partial charge in [-0.3, -0.25) is 5.84 Å². The van der Waals surface area contributed by atoms with E-state index in [1.807, 2.05) is 5.43 Å². The van der Waals surface area contributed by atoms with Crippen molar-refractivity contribution in [1.29, 1.82) is 0 Å². The third-order valence-electron chi connectivity index (χ3n) is 1.81. The number of benzene rings is 1. The van der Waals surface area contributed by atoms with Gasteiger partial charge in [-0.05, 0) is 0 Å². The summed E-state index contributed by atoms with van der Waals surface area (Å²) in [5.41, 5.74) is 1.61. The summed E-state index contributed by atoms with van der Waals surface area (Å²) in [6.07, 6.45) is 0. The molecule has 1 rings (SSSR count). The standard InChI is InChI=1S/C6H3F5N2S5/c7-14-2-1(13-12)3(15-8)5(17-10)6(18-11)4(2)16-9/h13H,12H2. The average molecular weight is 358 g/mol. The molecule has 0 fully saturated rings. The third-order valence-corrected chi connectivity index (χ3v) is 5.14. The fourth-order valence-corrected chi connectivity index (χ4v) is 4.00. The molecule has 3 N–H and O–H groups in total. The SMILES string of the molecule is NNc1c(SF)c(SF)c(SF)c(SF)c1SF. The zero-order valence-electron chi connectivity index (χ0n) is 8.01. The molecule has 0 aliphatic rings. The Morgan fingerprint density at radius 3 is 1.11 bits per heavy atom. The Labute approximate surface area is 121 Å². The van der Waals surface area contributed by atoms with Crippen molar-refractivity contribution in [3.63, 3.8) is 0 Å². The van der Waals surface area contributed by atoms with Crippen LogP contribution in [0.15, 0.2) is 24.5 Å². The second-order valence-electron chi connectivity index (χ2n) is 2.55. The average Bonchev–Trinajstić information content (AvgIpc) is 2.43. The predicted molar refractivity (Wildman–Crippen MR) is 69.1 cm³/mol. The number of nitrogens with two attached hydrogens (primary N) is 1. The number of rotatable bonds is 6. The number of hydrogen-bond acceptors (Lipinski definition) is 7. The number of nitrogen functional groups attached to an aromatic ring is 1. The fourth-order valence-electron chi connectivity index (χ4n) is 1.13. The van der Waals surface area contributed by atoms with Crippen molar-refractivity contribution >= 4 is 66.4 Å². The molecule has 0 heterocycles. The van der Waals surface area contributed by atoms with Crippen molar-refractivity contribution in [3.05, 3.63) is 0 Å². The molecule has 0 spiro atoms. The van der Waals surface area contributed by atoms with Crippen LogP contribution < -0.4 is 11.3 Å². The van der Waals surface area contributed by atoms with E-state index in [9.17, 15) is 19.4 Å². The molecule has 18 heavy (non-hydrogen) atoms. The third kappa shape index (κ3) is 2.93. The molecule has 12 heteroatoms. The Hall–Kier alpha value is 0.380. The number of hydrazine groups is 1. The lowest BCUT2D eigenvalue weighted by Gasteiger charge is -2.16. The number of hydrogen-bond donors (Lipinski definition) is 2. The molecular formula is C6H3F5N2S5. The van der Waals surface area contributed by atoms with Gasteiger partial charge in [0.15, 0.2) is 0 Å². The first-order valence-electron chi connectivity index (χ1n) is 3.83. The first-order chi connectivity index (χ1) is 8.69. The van der Waals surface area contributed by atoms with Crippen molar-refractivity contribution in [3.8, 4) is 0 Å². The minimum atomic E-state index is -0.533. The van der Waals surface area contributed by atoms with Gasteiger partial charge in [-0.25, -0.2) is 0 Å². The fraction of sp³-hybridized carbons (Fsp3) is 0. The van der Waals surface area contributed by atoms with Gasteiger partial charge >= 0.3 is 0 Å². The first kappa shape index (κ1) is 16.4. The number of halogens is 5. The monoisotopic (exact) mass is 358 g/mol. The van der Waals surface area contributed by atoms with Gasteiger partial charge in [0.2, 0.25) is 0 Å². The molecular weight excluding hydrogens is 355 g/mol. The van der Waals surface area contributed by atoms with E-state index in [1.54, 1.807) is 0 Å². The van der Waals surface area contributed by atoms with Gasteiger partial charge in [0.05, 0.1) is 90.9 Å². The van der Waals surface area contributed by atoms with E-state index >= 15 is 0 Å². The van der Waals surface area contributed by atoms with E-state index in [2.05, 4.69) is 0 Å². The highest BCUT2D eigenvalue weighted by molar-refractivity contribution is 8.00. The van der Waals surface area contributed by atoms with E-state index in [-0.39, 0.29) is 5.69 Å². The molecule has 2 nitrogen and oxygen atoms in total. The van der Waals surface area contributed by atoms with Gasteiger partial charge in [-0.15, -0.1) is 0 Å². The Bertz CT molecular complexity index is 313. The lowest BCUT2D eigenvalue weighted by molar-refractivity contribution is 0.829. The van der Waals surface area contributed by atoms with Crippen LogP contribution in [0, 0.1) is 0 Å². The molecule has 0 saturated heterocycles. The molecule has 0 atom stereocenters. The highest BCUT2D eigenvalue weighted by atomic mass is 32.2. The summed E-state index contributed by atoms with van der Waals surface area (Å²) in [6, 6.07) is 0. The summed E-state index contributed by atoms with van der Waals surface area (Å²) in [5.74, 6) is 5.07. The van der Waals surface area contributed by atoms with Crippen LogP contribution in [0.2, 0.25) is 0 Å². The lowest BCUT2D eigenvalue weighted by Crippen LogP contribution is -2.10. The van der Waals surface area contributed by atoms with E-state index in [0.717, 1.165) is 0 Å². The van der Waals surface area contributed by atoms with Crippen LogP contribution in [-0.4, -0.2) is 0 Å². The minimum absolute atomic E-state index is 0.340. The molecule has 0 radical (unpaired) electrons. The lowest BCUT2D eigenvalue weighted by atomic mass is 10.3. The van der Waals surface area contributed by atoms with Crippen LogP contribution in [0.1, 0.15) is 0 Å². The molecule has 0 bridgehead atoms. The minimum Gasteiger partial charge on any atom is -0.322 e. The van der Waals surface area contributed by atoms with Gasteiger partial charge in [-0.2, -0.15) is 19.4 Å². The molecule has 0 aliphatic carbocycles. The summed E-state index contributed by atoms with van der Waals surface area (Å²) in [4.78, 5) is -2.41. The molecule has 0 aliphatic heterocycles. The normalized spacial score (nSPS) is 10.8. The van der Waals surface area contributed by atoms with Crippen LogP contribution >= 0.6 is 60.7 Å². The topological polar surface area (TPSA) is 38.0 Å². The second kappa shape index (κ2) is 7.85. The molecule has 1 aromatic rings. The Balaban J connectivity index is 3.71. The van der Waals surface area contributed by atoms with Crippen LogP contribution in [0.5, 0.6) is 0 Å². The van der Waals surface area contributed by atoms with Gasteiger partial charge < -0.3 is 5.43 Å². The van der Waals surface area contributed by atoms with E-state index in [4.69, 9.17) is 5.84 Å². The molecule has 0 amide bonds. The molecule has 0 saturated carbocycles. The summed E-state index contributed by atoms with van der Waals surface area (Å²) in [6.45, 7) is 0. The van der Waals surface area contributed by atoms with E-state index < -0.39 is 85.2 Å². The van der Waals surface area contributed by atoms with Crippen molar-refractivity contribution < 1.29 is 19.4 Å². The smallest absolute Gasteiger partial charge is 0.0848 e. The van der Waals surface area contributed by atoms with Crippen molar-refractivity contribution in [2.75, 3.05) is 5.43 Å². The molecule has 0 unspecified atom stereocenters. The van der Waals surface area contributed by atoms with Crippen LogP contribution in [0.25, 0.3) is 0 Å². The van der Waals surface area contributed by atoms with Crippen molar-refractivity contribution in [2.45, 2.75) is 24.5 Å². The highest BCUT2D eigenvalue weighted by Crippen LogP contribution is 2.54. The van der Waals surface area contributed by atoms with Crippen LogP contribution in [0.4, 0.5) is 25.1 Å². The maximum absolute atomic E-state index is 12.8. The zero-order chi connectivity index (χ0) is 13.7. The van der Waals surface area contributed by atoms with Gasteiger partial charge in [0.25, 0.3) is 0 Å². The van der Waals surface area contributed by atoms with Crippen molar-refractivity contribution in [2.24, 2.45) is 5.84 Å². The number of anilines is 1. The molecule has 1 aromatic carbocycles.